The van der Waals surface area contributed by atoms with E-state index in [9.17, 15) is 19.8 Å². The van der Waals surface area contributed by atoms with Gasteiger partial charge in [-0.15, -0.1) is 0 Å². The molecule has 3 heterocycles. The molecule has 0 amide bonds. The van der Waals surface area contributed by atoms with Crippen LogP contribution in [0.25, 0.3) is 0 Å². The number of hydrogen-bond acceptors (Lipinski definition) is 11. The fourth-order valence-electron chi connectivity index (χ4n) is 3.59. The standard InChI is InChI=1S/C22H23N3O7.C2H6.3H3OP/c26-11-8-17-19(28)20(29)21(32-17)24-10-7-18(27)25(22(24)30)13-14-12-16(6-9-23-14)31-15-4-2-1-3-5-15;4*1-2/h1-7,9-10,12,17,19-21,26,28-29H,8,11,13H2;1-2H3;3*1H,2H2. The Morgan fingerprint density at radius 2 is 1.55 bits per heavy atom. The lowest BCUT2D eigenvalue weighted by atomic mass is 10.1. The minimum Gasteiger partial charge on any atom is -0.457 e. The molecular weight excluding hydrogens is 583 g/mol. The molecule has 1 saturated heterocycles. The van der Waals surface area contributed by atoms with Crippen LogP contribution in [0.15, 0.2) is 70.5 Å². The van der Waals surface area contributed by atoms with Crippen molar-refractivity contribution < 1.29 is 39.5 Å². The van der Waals surface area contributed by atoms with Crippen molar-refractivity contribution in [3.05, 3.63) is 87.5 Å². The zero-order valence-corrected chi connectivity index (χ0v) is 25.6. The van der Waals surface area contributed by atoms with Crippen LogP contribution >= 0.6 is 28.4 Å². The second kappa shape index (κ2) is 21.6. The minimum absolute atomic E-state index is 0.0985. The molecule has 0 bridgehead atoms. The molecule has 13 nitrogen and oxygen atoms in total. The third kappa shape index (κ3) is 10.7. The van der Waals surface area contributed by atoms with E-state index >= 15 is 0 Å². The molecule has 2 aromatic heterocycles. The zero-order chi connectivity index (χ0) is 30.7. The number of pyridine rings is 1. The van der Waals surface area contributed by atoms with Crippen LogP contribution in [0.1, 0.15) is 32.2 Å². The van der Waals surface area contributed by atoms with Crippen LogP contribution in [-0.2, 0) is 11.3 Å². The molecule has 6 N–H and O–H groups in total. The number of para-hydroxylation sites is 1. The predicted molar refractivity (Wildman–Crippen MR) is 160 cm³/mol. The van der Waals surface area contributed by atoms with Gasteiger partial charge in [0.2, 0.25) is 0 Å². The highest BCUT2D eigenvalue weighted by molar-refractivity contribution is 7.08. The maximum atomic E-state index is 13.0. The third-order valence-electron chi connectivity index (χ3n) is 5.21. The minimum atomic E-state index is -1.39. The van der Waals surface area contributed by atoms with Gasteiger partial charge in [0.1, 0.15) is 23.7 Å². The molecule has 0 radical (unpaired) electrons. The highest BCUT2D eigenvalue weighted by Gasteiger charge is 2.43. The molecular formula is C24H38N3O10P3. The van der Waals surface area contributed by atoms with E-state index in [1.165, 1.54) is 46.9 Å². The number of aliphatic hydroxyl groups excluding tert-OH is 3. The second-order valence-corrected chi connectivity index (χ2v) is 7.39. The molecule has 16 heteroatoms. The molecule has 1 fully saturated rings. The number of rotatable bonds is 7. The maximum absolute atomic E-state index is 13.0. The van der Waals surface area contributed by atoms with Gasteiger partial charge in [0.25, 0.3) is 5.56 Å². The molecule has 1 aromatic carbocycles. The number of aromatic nitrogens is 3. The van der Waals surface area contributed by atoms with Crippen molar-refractivity contribution in [1.82, 2.24) is 14.1 Å². The van der Waals surface area contributed by atoms with Crippen molar-refractivity contribution in [3.63, 3.8) is 0 Å². The predicted octanol–water partition coefficient (Wildman–Crippen LogP) is 0.580. The first kappa shape index (κ1) is 37.9. The highest BCUT2D eigenvalue weighted by atomic mass is 31.0. The van der Waals surface area contributed by atoms with E-state index in [1.807, 2.05) is 32.0 Å². The summed E-state index contributed by atoms with van der Waals surface area (Å²) in [5.74, 6) is 1.13. The molecule has 224 valence electrons. The quantitative estimate of drug-likeness (QED) is 0.202. The first-order valence-corrected chi connectivity index (χ1v) is 13.4. The van der Waals surface area contributed by atoms with Gasteiger partial charge < -0.3 is 39.5 Å². The Morgan fingerprint density at radius 3 is 2.15 bits per heavy atom. The number of aliphatic hydroxyl groups is 3. The first-order valence-electron chi connectivity index (χ1n) is 11.9. The van der Waals surface area contributed by atoms with Gasteiger partial charge in [0.15, 0.2) is 6.23 Å². The fraction of sp³-hybridized carbons (Fsp3) is 0.375. The van der Waals surface area contributed by atoms with Crippen molar-refractivity contribution in [2.24, 2.45) is 0 Å². The Morgan fingerprint density at radius 1 is 0.925 bits per heavy atom. The van der Waals surface area contributed by atoms with Crippen molar-refractivity contribution in [1.29, 1.82) is 0 Å². The van der Waals surface area contributed by atoms with Gasteiger partial charge in [0, 0.05) is 31.1 Å². The van der Waals surface area contributed by atoms with Gasteiger partial charge in [-0.3, -0.25) is 18.9 Å². The smallest absolute Gasteiger partial charge is 0.333 e. The summed E-state index contributed by atoms with van der Waals surface area (Å²) < 4.78 is 13.4. The van der Waals surface area contributed by atoms with Gasteiger partial charge >= 0.3 is 5.69 Å². The van der Waals surface area contributed by atoms with Crippen molar-refractivity contribution in [2.75, 3.05) is 6.61 Å². The van der Waals surface area contributed by atoms with E-state index in [-0.39, 0.29) is 19.6 Å². The molecule has 4 rings (SSSR count). The molecule has 0 aliphatic carbocycles. The third-order valence-corrected chi connectivity index (χ3v) is 5.21. The SMILES string of the molecule is CC.O=c1ccn(C2OC(CCO)C(O)C2O)c(=O)n1Cc1cc(Oc2ccccc2)ccn1.OP.OP.OP. The monoisotopic (exact) mass is 621 g/mol. The number of ether oxygens (including phenoxy) is 2. The molecule has 1 aliphatic rings. The van der Waals surface area contributed by atoms with Crippen molar-refractivity contribution >= 4 is 28.4 Å². The summed E-state index contributed by atoms with van der Waals surface area (Å²) in [5, 5.41) is 29.6. The molecule has 0 saturated carbocycles. The fourth-order valence-corrected chi connectivity index (χ4v) is 3.59. The zero-order valence-electron chi connectivity index (χ0n) is 22.1. The normalized spacial score (nSPS) is 18.8. The van der Waals surface area contributed by atoms with E-state index < -0.39 is 35.8 Å². The van der Waals surface area contributed by atoms with E-state index in [1.54, 1.807) is 24.3 Å². The second-order valence-electron chi connectivity index (χ2n) is 7.39. The lowest BCUT2D eigenvalue weighted by Gasteiger charge is -2.18. The van der Waals surface area contributed by atoms with Crippen LogP contribution in [0.4, 0.5) is 0 Å². The van der Waals surface area contributed by atoms with Crippen LogP contribution in [0, 0.1) is 0 Å². The summed E-state index contributed by atoms with van der Waals surface area (Å²) in [6.07, 6.45) is -1.86. The van der Waals surface area contributed by atoms with Gasteiger partial charge in [-0.1, -0.05) is 32.0 Å². The molecule has 7 atom stereocenters. The van der Waals surface area contributed by atoms with E-state index in [0.717, 1.165) is 9.13 Å². The lowest BCUT2D eigenvalue weighted by molar-refractivity contribution is -0.0458. The summed E-state index contributed by atoms with van der Waals surface area (Å²) in [4.78, 5) is 50.4. The molecule has 3 aromatic rings. The Balaban J connectivity index is 0.00000175. The van der Waals surface area contributed by atoms with E-state index in [2.05, 4.69) is 4.98 Å². The molecule has 1 aliphatic heterocycles. The van der Waals surface area contributed by atoms with Gasteiger partial charge in [-0.2, -0.15) is 0 Å². The van der Waals surface area contributed by atoms with Crippen LogP contribution in [0.2, 0.25) is 0 Å². The van der Waals surface area contributed by atoms with Crippen LogP contribution in [0.3, 0.4) is 0 Å². The number of nitrogens with zero attached hydrogens (tertiary/aromatic N) is 3. The average Bonchev–Trinajstić information content (AvgIpc) is 3.29. The summed E-state index contributed by atoms with van der Waals surface area (Å²) in [6, 6.07) is 13.6. The number of hydrogen-bond donors (Lipinski definition) is 6. The van der Waals surface area contributed by atoms with Crippen LogP contribution < -0.4 is 16.0 Å². The summed E-state index contributed by atoms with van der Waals surface area (Å²) >= 11 is 0. The Hall–Kier alpha value is -2.14. The summed E-state index contributed by atoms with van der Waals surface area (Å²) in [6.45, 7) is 3.62. The Kier molecular flexibility index (Phi) is 20.4. The van der Waals surface area contributed by atoms with Gasteiger partial charge in [-0.05, 0) is 53.0 Å². The van der Waals surface area contributed by atoms with E-state index in [0.29, 0.717) is 17.2 Å². The van der Waals surface area contributed by atoms with Gasteiger partial charge in [0.05, 0.1) is 18.3 Å². The van der Waals surface area contributed by atoms with E-state index in [4.69, 9.17) is 29.3 Å². The van der Waals surface area contributed by atoms with Crippen LogP contribution in [-0.4, -0.2) is 69.0 Å². The molecule has 0 spiro atoms. The maximum Gasteiger partial charge on any atom is 0.333 e. The van der Waals surface area contributed by atoms with Crippen molar-refractivity contribution in [2.45, 2.75) is 51.4 Å². The van der Waals surface area contributed by atoms with Crippen molar-refractivity contribution in [3.8, 4) is 11.5 Å². The Labute approximate surface area is 238 Å². The molecule has 40 heavy (non-hydrogen) atoms. The summed E-state index contributed by atoms with van der Waals surface area (Å²) in [5.41, 5.74) is -0.863. The summed E-state index contributed by atoms with van der Waals surface area (Å²) in [7, 11) is 4.25. The van der Waals surface area contributed by atoms with Crippen LogP contribution in [0.5, 0.6) is 11.5 Å². The number of benzene rings is 1. The lowest BCUT2D eigenvalue weighted by Crippen LogP contribution is -2.43. The average molecular weight is 622 g/mol. The highest BCUT2D eigenvalue weighted by Crippen LogP contribution is 2.29. The van der Waals surface area contributed by atoms with Gasteiger partial charge in [-0.25, -0.2) is 4.79 Å². The first-order chi connectivity index (χ1) is 19.5. The topological polar surface area (TPSA) is 197 Å². The largest absolute Gasteiger partial charge is 0.457 e. The molecule has 7 unspecified atom stereocenters. The Bertz CT molecular complexity index is 1200.